The predicted octanol–water partition coefficient (Wildman–Crippen LogP) is 6.29. The number of anilines is 1. The van der Waals surface area contributed by atoms with Crippen molar-refractivity contribution in [2.75, 3.05) is 4.90 Å². The summed E-state index contributed by atoms with van der Waals surface area (Å²) in [5.74, 6) is 0.668. The van der Waals surface area contributed by atoms with E-state index in [0.717, 1.165) is 28.1 Å². The molecule has 1 heterocycles. The SMILES string of the molecule is Cc1ccc(N2C(=O)/C(=C\c3cccc(OCc4ccccc4)c3)SC2=S)cc1C. The second-order valence-corrected chi connectivity index (χ2v) is 8.81. The van der Waals surface area contributed by atoms with Gasteiger partial charge in [0.25, 0.3) is 5.91 Å². The van der Waals surface area contributed by atoms with Crippen molar-refractivity contribution >= 4 is 46.0 Å². The molecule has 3 aromatic rings. The number of aryl methyl sites for hydroxylation is 2. The lowest BCUT2D eigenvalue weighted by molar-refractivity contribution is -0.113. The Morgan fingerprint density at radius 2 is 1.77 bits per heavy atom. The molecule has 4 rings (SSSR count). The second-order valence-electron chi connectivity index (χ2n) is 7.13. The molecule has 0 aliphatic carbocycles. The molecule has 0 atom stereocenters. The van der Waals surface area contributed by atoms with Crippen LogP contribution in [0.25, 0.3) is 6.08 Å². The van der Waals surface area contributed by atoms with Crippen molar-refractivity contribution in [2.45, 2.75) is 20.5 Å². The largest absolute Gasteiger partial charge is 0.489 e. The Kier molecular flexibility index (Phi) is 6.02. The zero-order chi connectivity index (χ0) is 21.1. The number of hydrogen-bond donors (Lipinski definition) is 0. The summed E-state index contributed by atoms with van der Waals surface area (Å²) in [6, 6.07) is 23.7. The minimum Gasteiger partial charge on any atom is -0.489 e. The first kappa shape index (κ1) is 20.4. The molecule has 3 nitrogen and oxygen atoms in total. The van der Waals surface area contributed by atoms with Gasteiger partial charge < -0.3 is 4.74 Å². The molecule has 1 aliphatic rings. The number of benzene rings is 3. The Morgan fingerprint density at radius 1 is 0.967 bits per heavy atom. The molecular weight excluding hydrogens is 410 g/mol. The van der Waals surface area contributed by atoms with E-state index in [4.69, 9.17) is 17.0 Å². The molecule has 0 saturated carbocycles. The number of carbonyl (C=O) groups excluding carboxylic acids is 1. The van der Waals surface area contributed by atoms with E-state index >= 15 is 0 Å². The van der Waals surface area contributed by atoms with Crippen molar-refractivity contribution in [1.82, 2.24) is 0 Å². The minimum absolute atomic E-state index is 0.0936. The predicted molar refractivity (Wildman–Crippen MR) is 129 cm³/mol. The summed E-state index contributed by atoms with van der Waals surface area (Å²) in [4.78, 5) is 15.2. The van der Waals surface area contributed by atoms with Gasteiger partial charge in [-0.15, -0.1) is 0 Å². The number of thiocarbonyl (C=S) groups is 1. The lowest BCUT2D eigenvalue weighted by Gasteiger charge is -2.15. The fraction of sp³-hybridized carbons (Fsp3) is 0.120. The highest BCUT2D eigenvalue weighted by Gasteiger charge is 2.33. The van der Waals surface area contributed by atoms with Crippen molar-refractivity contribution in [3.05, 3.63) is 100.0 Å². The summed E-state index contributed by atoms with van der Waals surface area (Å²) >= 11 is 6.82. The summed E-state index contributed by atoms with van der Waals surface area (Å²) in [6.45, 7) is 4.59. The number of carbonyl (C=O) groups is 1. The van der Waals surface area contributed by atoms with Crippen LogP contribution in [0.1, 0.15) is 22.3 Å². The van der Waals surface area contributed by atoms with Crippen LogP contribution in [0.15, 0.2) is 77.7 Å². The van der Waals surface area contributed by atoms with Gasteiger partial charge in [0.2, 0.25) is 0 Å². The van der Waals surface area contributed by atoms with Crippen LogP contribution in [0.5, 0.6) is 5.75 Å². The summed E-state index contributed by atoms with van der Waals surface area (Å²) in [5, 5.41) is 0. The molecule has 5 heteroatoms. The molecule has 1 saturated heterocycles. The normalized spacial score (nSPS) is 15.1. The van der Waals surface area contributed by atoms with Crippen LogP contribution in [-0.4, -0.2) is 10.2 Å². The first-order valence-electron chi connectivity index (χ1n) is 9.63. The van der Waals surface area contributed by atoms with Crippen LogP contribution < -0.4 is 9.64 Å². The van der Waals surface area contributed by atoms with Crippen molar-refractivity contribution in [1.29, 1.82) is 0 Å². The lowest BCUT2D eigenvalue weighted by atomic mass is 10.1. The molecule has 0 N–H and O–H groups in total. The highest BCUT2D eigenvalue weighted by atomic mass is 32.2. The molecule has 3 aromatic carbocycles. The number of thioether (sulfide) groups is 1. The van der Waals surface area contributed by atoms with E-state index < -0.39 is 0 Å². The van der Waals surface area contributed by atoms with Gasteiger partial charge in [0.1, 0.15) is 12.4 Å². The van der Waals surface area contributed by atoms with E-state index in [-0.39, 0.29) is 5.91 Å². The zero-order valence-corrected chi connectivity index (χ0v) is 18.4. The summed E-state index contributed by atoms with van der Waals surface area (Å²) in [6.07, 6.45) is 1.87. The third kappa shape index (κ3) is 4.48. The monoisotopic (exact) mass is 431 g/mol. The van der Waals surface area contributed by atoms with Gasteiger partial charge in [-0.25, -0.2) is 0 Å². The van der Waals surface area contributed by atoms with Gasteiger partial charge in [0, 0.05) is 0 Å². The van der Waals surface area contributed by atoms with Gasteiger partial charge >= 0.3 is 0 Å². The highest BCUT2D eigenvalue weighted by Crippen LogP contribution is 2.36. The average molecular weight is 432 g/mol. The van der Waals surface area contributed by atoms with Crippen LogP contribution >= 0.6 is 24.0 Å². The van der Waals surface area contributed by atoms with Crippen LogP contribution in [0.3, 0.4) is 0 Å². The average Bonchev–Trinajstić information content (AvgIpc) is 3.02. The van der Waals surface area contributed by atoms with Crippen LogP contribution in [0.2, 0.25) is 0 Å². The van der Waals surface area contributed by atoms with E-state index in [2.05, 4.69) is 6.92 Å². The number of amides is 1. The third-order valence-corrected chi connectivity index (χ3v) is 6.25. The minimum atomic E-state index is -0.0936. The number of nitrogens with zero attached hydrogens (tertiary/aromatic N) is 1. The second kappa shape index (κ2) is 8.86. The van der Waals surface area contributed by atoms with Crippen molar-refractivity contribution in [3.63, 3.8) is 0 Å². The van der Waals surface area contributed by atoms with E-state index in [1.165, 1.54) is 17.3 Å². The first-order valence-corrected chi connectivity index (χ1v) is 10.9. The maximum atomic E-state index is 13.0. The molecule has 0 aromatic heterocycles. The van der Waals surface area contributed by atoms with Gasteiger partial charge in [0.15, 0.2) is 4.32 Å². The van der Waals surface area contributed by atoms with Crippen molar-refractivity contribution in [3.8, 4) is 5.75 Å². The highest BCUT2D eigenvalue weighted by molar-refractivity contribution is 8.27. The van der Waals surface area contributed by atoms with Gasteiger partial charge in [-0.2, -0.15) is 0 Å². The smallest absolute Gasteiger partial charge is 0.270 e. The summed E-state index contributed by atoms with van der Waals surface area (Å²) < 4.78 is 6.45. The van der Waals surface area contributed by atoms with E-state index in [9.17, 15) is 4.79 Å². The van der Waals surface area contributed by atoms with E-state index in [1.54, 1.807) is 4.90 Å². The third-order valence-electron chi connectivity index (χ3n) is 4.95. The molecule has 150 valence electrons. The Labute approximate surface area is 186 Å². The maximum absolute atomic E-state index is 13.0. The Hall–Kier alpha value is -2.89. The topological polar surface area (TPSA) is 29.5 Å². The van der Waals surface area contributed by atoms with E-state index in [0.29, 0.717) is 15.8 Å². The van der Waals surface area contributed by atoms with Crippen LogP contribution in [-0.2, 0) is 11.4 Å². The quantitative estimate of drug-likeness (QED) is 0.351. The zero-order valence-electron chi connectivity index (χ0n) is 16.8. The van der Waals surface area contributed by atoms with Crippen molar-refractivity contribution < 1.29 is 9.53 Å². The van der Waals surface area contributed by atoms with Gasteiger partial charge in [-0.1, -0.05) is 72.5 Å². The Balaban J connectivity index is 1.52. The molecule has 1 amide bonds. The molecule has 0 spiro atoms. The lowest BCUT2D eigenvalue weighted by Crippen LogP contribution is -2.27. The number of ether oxygens (including phenoxy) is 1. The molecule has 1 fully saturated rings. The molecular formula is C25H21NO2S2. The molecule has 1 aliphatic heterocycles. The Morgan fingerprint density at radius 3 is 2.53 bits per heavy atom. The van der Waals surface area contributed by atoms with Gasteiger partial charge in [-0.3, -0.25) is 9.69 Å². The van der Waals surface area contributed by atoms with Crippen LogP contribution in [0.4, 0.5) is 5.69 Å². The fourth-order valence-corrected chi connectivity index (χ4v) is 4.44. The number of hydrogen-bond acceptors (Lipinski definition) is 4. The summed E-state index contributed by atoms with van der Waals surface area (Å²) in [5.41, 5.74) is 5.14. The molecule has 30 heavy (non-hydrogen) atoms. The number of rotatable bonds is 5. The molecule has 0 radical (unpaired) electrons. The van der Waals surface area contributed by atoms with Gasteiger partial charge in [0.05, 0.1) is 10.6 Å². The van der Waals surface area contributed by atoms with E-state index in [1.807, 2.05) is 85.8 Å². The summed E-state index contributed by atoms with van der Waals surface area (Å²) in [7, 11) is 0. The molecule has 0 bridgehead atoms. The first-order chi connectivity index (χ1) is 14.5. The maximum Gasteiger partial charge on any atom is 0.270 e. The fourth-order valence-electron chi connectivity index (χ4n) is 3.14. The molecule has 0 unspecified atom stereocenters. The Bertz CT molecular complexity index is 1140. The van der Waals surface area contributed by atoms with Gasteiger partial charge in [-0.05, 0) is 66.4 Å². The van der Waals surface area contributed by atoms with Crippen molar-refractivity contribution in [2.24, 2.45) is 0 Å². The van der Waals surface area contributed by atoms with Crippen LogP contribution in [0, 0.1) is 13.8 Å². The standard InChI is InChI=1S/C25H21NO2S2/c1-17-11-12-21(13-18(17)2)26-24(27)23(30-25(26)29)15-20-9-6-10-22(14-20)28-16-19-7-4-3-5-8-19/h3-15H,16H2,1-2H3/b23-15+.